The second kappa shape index (κ2) is 18.3. The molecule has 0 spiro atoms. The van der Waals surface area contributed by atoms with E-state index >= 15 is 0 Å². The molecule has 0 bridgehead atoms. The summed E-state index contributed by atoms with van der Waals surface area (Å²) in [6, 6.07) is 26.7. The van der Waals surface area contributed by atoms with Crippen LogP contribution in [0.3, 0.4) is 0 Å². The van der Waals surface area contributed by atoms with Crippen molar-refractivity contribution < 1.29 is 0 Å². The SMILES string of the molecule is CC(C)(C)C.CC(C)(C)C.CC(C)(C)N=C=NC(C)(C)C.c1ccccc1.c1ccccc1. The van der Waals surface area contributed by atoms with Crippen LogP contribution in [-0.2, 0) is 0 Å². The average molecular weight is 455 g/mol. The zero-order valence-electron chi connectivity index (χ0n) is 24.3. The summed E-state index contributed by atoms with van der Waals surface area (Å²) in [4.78, 5) is 8.25. The summed E-state index contributed by atoms with van der Waals surface area (Å²) < 4.78 is 0. The number of hydrogen-bond donors (Lipinski definition) is 0. The number of benzene rings is 2. The molecule has 2 aromatic carbocycles. The summed E-state index contributed by atoms with van der Waals surface area (Å²) in [5.41, 5.74) is 0.878. The maximum Gasteiger partial charge on any atom is 0.0903 e. The van der Waals surface area contributed by atoms with Gasteiger partial charge in [-0.25, -0.2) is 9.98 Å². The summed E-state index contributed by atoms with van der Waals surface area (Å²) in [5.74, 6) is 0. The maximum atomic E-state index is 4.13. The van der Waals surface area contributed by atoms with Gasteiger partial charge in [0.25, 0.3) is 0 Å². The molecule has 2 heteroatoms. The summed E-state index contributed by atoms with van der Waals surface area (Å²) in [5, 5.41) is 0. The first-order chi connectivity index (χ1) is 14.7. The fraction of sp³-hybridized carbons (Fsp3) is 0.581. The summed E-state index contributed by atoms with van der Waals surface area (Å²) in [7, 11) is 0. The van der Waals surface area contributed by atoms with Crippen molar-refractivity contribution in [2.75, 3.05) is 0 Å². The van der Waals surface area contributed by atoms with Gasteiger partial charge in [-0.15, -0.1) is 0 Å². The normalized spacial score (nSPS) is 10.6. The summed E-state index contributed by atoms with van der Waals surface area (Å²) in [6.45, 7) is 29.7. The van der Waals surface area contributed by atoms with E-state index in [1.165, 1.54) is 0 Å². The minimum atomic E-state index is -0.0608. The summed E-state index contributed by atoms with van der Waals surface area (Å²) >= 11 is 0. The highest BCUT2D eigenvalue weighted by molar-refractivity contribution is 5.43. The van der Waals surface area contributed by atoms with Crippen molar-refractivity contribution in [2.45, 2.75) is 108 Å². The van der Waals surface area contributed by atoms with E-state index in [1.54, 1.807) is 0 Å². The van der Waals surface area contributed by atoms with Crippen molar-refractivity contribution in [3.05, 3.63) is 72.8 Å². The standard InChI is InChI=1S/C9H18N2.2C6H6.2C5H12/c1-8(2,3)10-7-11-9(4,5)6;2*1-2-4-6-5-3-1;2*1-5(2,3)4/h1-6H3;2*1-6H;2*1-4H3. The Morgan fingerprint density at radius 3 is 0.545 bits per heavy atom. The van der Waals surface area contributed by atoms with Crippen molar-refractivity contribution in [1.82, 2.24) is 0 Å². The Morgan fingerprint density at radius 2 is 0.455 bits per heavy atom. The number of aliphatic imine (C=N–C) groups is 2. The zero-order valence-corrected chi connectivity index (χ0v) is 24.3. The van der Waals surface area contributed by atoms with Crippen LogP contribution in [-0.4, -0.2) is 17.1 Å². The van der Waals surface area contributed by atoms with E-state index in [9.17, 15) is 0 Å². The number of hydrogen-bond acceptors (Lipinski definition) is 2. The van der Waals surface area contributed by atoms with Gasteiger partial charge in [0.05, 0.1) is 17.1 Å². The molecule has 0 unspecified atom stereocenters. The first-order valence-corrected chi connectivity index (χ1v) is 11.9. The van der Waals surface area contributed by atoms with Gasteiger partial charge in [-0.3, -0.25) is 0 Å². The highest BCUT2D eigenvalue weighted by Gasteiger charge is 2.07. The lowest BCUT2D eigenvalue weighted by molar-refractivity contribution is 0.469. The fourth-order valence-corrected chi connectivity index (χ4v) is 1.09. The lowest BCUT2D eigenvalue weighted by Gasteiger charge is -2.10. The minimum absolute atomic E-state index is 0.0608. The highest BCUT2D eigenvalue weighted by atomic mass is 14.9. The van der Waals surface area contributed by atoms with E-state index in [0.717, 1.165) is 0 Å². The van der Waals surface area contributed by atoms with E-state index in [4.69, 9.17) is 0 Å². The predicted octanol–water partition coefficient (Wildman–Crippen LogP) is 10.2. The molecule has 0 atom stereocenters. The number of nitrogens with zero attached hydrogens (tertiary/aromatic N) is 2. The van der Waals surface area contributed by atoms with Gasteiger partial charge in [-0.05, 0) is 52.4 Å². The van der Waals surface area contributed by atoms with E-state index in [1.807, 2.05) is 114 Å². The molecule has 188 valence electrons. The topological polar surface area (TPSA) is 24.7 Å². The number of rotatable bonds is 0. The lowest BCUT2D eigenvalue weighted by atomic mass is 10.0. The molecule has 0 saturated carbocycles. The van der Waals surface area contributed by atoms with Crippen LogP contribution in [0.25, 0.3) is 0 Å². The fourth-order valence-electron chi connectivity index (χ4n) is 1.09. The van der Waals surface area contributed by atoms with Crippen LogP contribution in [0.15, 0.2) is 82.8 Å². The van der Waals surface area contributed by atoms with Crippen molar-refractivity contribution in [3.8, 4) is 0 Å². The molecule has 2 nitrogen and oxygen atoms in total. The van der Waals surface area contributed by atoms with Gasteiger partial charge in [0.2, 0.25) is 0 Å². The van der Waals surface area contributed by atoms with E-state index in [-0.39, 0.29) is 11.1 Å². The van der Waals surface area contributed by atoms with Gasteiger partial charge >= 0.3 is 0 Å². The van der Waals surface area contributed by atoms with Gasteiger partial charge in [0.1, 0.15) is 0 Å². The van der Waals surface area contributed by atoms with Crippen molar-refractivity contribution in [1.29, 1.82) is 0 Å². The molecular formula is C31H54N2. The van der Waals surface area contributed by atoms with Crippen LogP contribution in [0.5, 0.6) is 0 Å². The molecule has 0 aliphatic rings. The molecule has 0 amide bonds. The Labute approximate surface area is 207 Å². The molecule has 0 aliphatic heterocycles. The molecule has 33 heavy (non-hydrogen) atoms. The first kappa shape index (κ1) is 35.4. The minimum Gasteiger partial charge on any atom is -0.220 e. The lowest BCUT2D eigenvalue weighted by Crippen LogP contribution is -2.11. The predicted molar refractivity (Wildman–Crippen MR) is 153 cm³/mol. The van der Waals surface area contributed by atoms with E-state index < -0.39 is 0 Å². The van der Waals surface area contributed by atoms with Crippen LogP contribution in [0, 0.1) is 10.8 Å². The van der Waals surface area contributed by atoms with Crippen LogP contribution in [0.1, 0.15) is 96.9 Å². The smallest absolute Gasteiger partial charge is 0.0903 e. The van der Waals surface area contributed by atoms with E-state index in [0.29, 0.717) is 10.8 Å². The van der Waals surface area contributed by atoms with Crippen LogP contribution in [0.2, 0.25) is 0 Å². The molecular weight excluding hydrogens is 400 g/mol. The molecule has 0 aliphatic carbocycles. The third-order valence-electron chi connectivity index (χ3n) is 2.10. The van der Waals surface area contributed by atoms with Crippen molar-refractivity contribution >= 4 is 6.01 Å². The molecule has 0 aromatic heterocycles. The second-order valence-electron chi connectivity index (χ2n) is 13.0. The Morgan fingerprint density at radius 1 is 0.333 bits per heavy atom. The van der Waals surface area contributed by atoms with Gasteiger partial charge < -0.3 is 0 Å². The Hall–Kier alpha value is -2.18. The van der Waals surface area contributed by atoms with Gasteiger partial charge in [-0.2, -0.15) is 0 Å². The Bertz CT molecular complexity index is 571. The van der Waals surface area contributed by atoms with Crippen LogP contribution < -0.4 is 0 Å². The average Bonchev–Trinajstić information content (AvgIpc) is 2.61. The molecule has 0 N–H and O–H groups in total. The molecule has 0 radical (unpaired) electrons. The van der Waals surface area contributed by atoms with Gasteiger partial charge in [0, 0.05) is 0 Å². The van der Waals surface area contributed by atoms with Gasteiger partial charge in [-0.1, -0.05) is 128 Å². The second-order valence-corrected chi connectivity index (χ2v) is 13.0. The van der Waals surface area contributed by atoms with Crippen LogP contribution in [0.4, 0.5) is 0 Å². The monoisotopic (exact) mass is 454 g/mol. The third-order valence-corrected chi connectivity index (χ3v) is 2.10. The summed E-state index contributed by atoms with van der Waals surface area (Å²) in [6.07, 6.45) is 0. The largest absolute Gasteiger partial charge is 0.220 e. The molecule has 0 heterocycles. The molecule has 0 saturated heterocycles. The Kier molecular flexibility index (Phi) is 19.6. The Balaban J connectivity index is -0.000000355. The van der Waals surface area contributed by atoms with Gasteiger partial charge in [0.15, 0.2) is 0 Å². The first-order valence-electron chi connectivity index (χ1n) is 11.9. The maximum absolute atomic E-state index is 4.13. The molecule has 2 rings (SSSR count). The zero-order chi connectivity index (χ0) is 26.6. The van der Waals surface area contributed by atoms with Crippen LogP contribution >= 0.6 is 0 Å². The van der Waals surface area contributed by atoms with E-state index in [2.05, 4.69) is 71.4 Å². The molecule has 0 fully saturated rings. The van der Waals surface area contributed by atoms with Crippen molar-refractivity contribution in [2.24, 2.45) is 20.8 Å². The third kappa shape index (κ3) is 72.7. The molecule has 2 aromatic rings. The van der Waals surface area contributed by atoms with Crippen molar-refractivity contribution in [3.63, 3.8) is 0 Å². The quantitative estimate of drug-likeness (QED) is 0.354. The highest BCUT2D eigenvalue weighted by Crippen LogP contribution is 2.08.